The minimum atomic E-state index is -1.000. The van der Waals surface area contributed by atoms with Gasteiger partial charge < -0.3 is 10.1 Å². The van der Waals surface area contributed by atoms with Gasteiger partial charge >= 0.3 is 5.97 Å². The molecule has 3 aromatic rings. The Hall–Kier alpha value is -2.77. The smallest absolute Gasteiger partial charge is 0.341 e. The van der Waals surface area contributed by atoms with Crippen LogP contribution in [0.15, 0.2) is 47.8 Å². The highest BCUT2D eigenvalue weighted by Gasteiger charge is 2.24. The summed E-state index contributed by atoms with van der Waals surface area (Å²) in [5.74, 6) is -3.69. The molecule has 0 saturated heterocycles. The van der Waals surface area contributed by atoms with E-state index in [0.29, 0.717) is 16.1 Å². The summed E-state index contributed by atoms with van der Waals surface area (Å²) < 4.78 is 32.5. The molecule has 1 aromatic heterocycles. The molecule has 0 aliphatic heterocycles. The molecular weight excluding hydrogens is 396 g/mol. The highest BCUT2D eigenvalue weighted by Crippen LogP contribution is 2.37. The number of nitrogens with one attached hydrogen (secondary N) is 1. The minimum Gasteiger partial charge on any atom is -0.465 e. The van der Waals surface area contributed by atoms with Gasteiger partial charge in [0, 0.05) is 16.0 Å². The van der Waals surface area contributed by atoms with Crippen LogP contribution in [-0.2, 0) is 4.74 Å². The Morgan fingerprint density at radius 3 is 2.26 bits per heavy atom. The normalized spacial score (nSPS) is 10.5. The van der Waals surface area contributed by atoms with E-state index in [2.05, 4.69) is 5.32 Å². The number of ether oxygens (including phenoxy) is 1. The zero-order chi connectivity index (χ0) is 19.6. The number of benzene rings is 2. The third-order valence-electron chi connectivity index (χ3n) is 3.75. The van der Waals surface area contributed by atoms with Crippen molar-refractivity contribution in [2.75, 3.05) is 12.4 Å². The van der Waals surface area contributed by atoms with E-state index in [1.165, 1.54) is 7.11 Å². The average Bonchev–Trinajstić information content (AvgIpc) is 3.05. The van der Waals surface area contributed by atoms with Gasteiger partial charge in [-0.15, -0.1) is 11.3 Å². The van der Waals surface area contributed by atoms with Crippen LogP contribution in [0.25, 0.3) is 11.1 Å². The summed E-state index contributed by atoms with van der Waals surface area (Å²) in [4.78, 5) is 24.6. The molecule has 0 atom stereocenters. The van der Waals surface area contributed by atoms with Gasteiger partial charge in [-0.05, 0) is 29.8 Å². The van der Waals surface area contributed by atoms with Crippen LogP contribution in [0.5, 0.6) is 0 Å². The standard InChI is InChI=1S/C19H12ClF2NO3S/c1-26-19(25)15-12(10-5-7-11(20)8-6-10)9-27-18(15)23-17(24)16-13(21)3-2-4-14(16)22/h2-9H,1H3,(H,23,24). The molecule has 1 amide bonds. The van der Waals surface area contributed by atoms with Crippen LogP contribution >= 0.6 is 22.9 Å². The molecule has 1 N–H and O–H groups in total. The Balaban J connectivity index is 2.02. The number of esters is 1. The van der Waals surface area contributed by atoms with Crippen LogP contribution in [0.1, 0.15) is 20.7 Å². The molecule has 8 heteroatoms. The molecule has 0 bridgehead atoms. The van der Waals surface area contributed by atoms with Gasteiger partial charge in [-0.1, -0.05) is 29.8 Å². The molecule has 3 rings (SSSR count). The number of amides is 1. The minimum absolute atomic E-state index is 0.0925. The number of carbonyl (C=O) groups excluding carboxylic acids is 2. The summed E-state index contributed by atoms with van der Waals surface area (Å²) >= 11 is 6.93. The highest BCUT2D eigenvalue weighted by atomic mass is 35.5. The second-order valence-corrected chi connectivity index (χ2v) is 6.72. The number of anilines is 1. The highest BCUT2D eigenvalue weighted by molar-refractivity contribution is 7.15. The molecule has 1 heterocycles. The van der Waals surface area contributed by atoms with E-state index in [9.17, 15) is 18.4 Å². The Kier molecular flexibility index (Phi) is 5.53. The second-order valence-electron chi connectivity index (χ2n) is 5.40. The Labute approximate surface area is 162 Å². The SMILES string of the molecule is COC(=O)c1c(-c2ccc(Cl)cc2)csc1NC(=O)c1c(F)cccc1F. The van der Waals surface area contributed by atoms with Gasteiger partial charge in [0.1, 0.15) is 27.8 Å². The van der Waals surface area contributed by atoms with E-state index in [0.717, 1.165) is 29.5 Å². The van der Waals surface area contributed by atoms with Gasteiger partial charge in [0.25, 0.3) is 5.91 Å². The number of rotatable bonds is 4. The van der Waals surface area contributed by atoms with Crippen LogP contribution < -0.4 is 5.32 Å². The summed E-state index contributed by atoms with van der Waals surface area (Å²) in [5.41, 5.74) is 0.547. The third kappa shape index (κ3) is 3.84. The zero-order valence-electron chi connectivity index (χ0n) is 13.9. The lowest BCUT2D eigenvalue weighted by atomic mass is 10.0. The number of carbonyl (C=O) groups is 2. The average molecular weight is 408 g/mol. The third-order valence-corrected chi connectivity index (χ3v) is 4.90. The van der Waals surface area contributed by atoms with Crippen LogP contribution in [-0.4, -0.2) is 19.0 Å². The summed E-state index contributed by atoms with van der Waals surface area (Å²) in [6.07, 6.45) is 0. The monoisotopic (exact) mass is 407 g/mol. The summed E-state index contributed by atoms with van der Waals surface area (Å²) in [6.45, 7) is 0. The van der Waals surface area contributed by atoms with Crippen molar-refractivity contribution >= 4 is 39.8 Å². The molecule has 27 heavy (non-hydrogen) atoms. The molecule has 0 aliphatic carbocycles. The Morgan fingerprint density at radius 1 is 1.04 bits per heavy atom. The zero-order valence-corrected chi connectivity index (χ0v) is 15.5. The first kappa shape index (κ1) is 19.0. The molecule has 2 aromatic carbocycles. The Bertz CT molecular complexity index is 998. The van der Waals surface area contributed by atoms with E-state index in [-0.39, 0.29) is 10.6 Å². The fraction of sp³-hybridized carbons (Fsp3) is 0.0526. The van der Waals surface area contributed by atoms with Crippen molar-refractivity contribution in [2.45, 2.75) is 0 Å². The van der Waals surface area contributed by atoms with Crippen molar-refractivity contribution in [3.8, 4) is 11.1 Å². The second kappa shape index (κ2) is 7.85. The molecule has 0 fully saturated rings. The van der Waals surface area contributed by atoms with Crippen molar-refractivity contribution < 1.29 is 23.1 Å². The number of halogens is 3. The van der Waals surface area contributed by atoms with E-state index in [1.807, 2.05) is 0 Å². The lowest BCUT2D eigenvalue weighted by molar-refractivity contribution is 0.0603. The number of hydrogen-bond donors (Lipinski definition) is 1. The summed E-state index contributed by atoms with van der Waals surface area (Å²) in [7, 11) is 1.20. The lowest BCUT2D eigenvalue weighted by Crippen LogP contribution is -2.17. The molecule has 0 radical (unpaired) electrons. The summed E-state index contributed by atoms with van der Waals surface area (Å²) in [5, 5.41) is 4.69. The maximum atomic E-state index is 13.8. The van der Waals surface area contributed by atoms with E-state index < -0.39 is 29.1 Å². The van der Waals surface area contributed by atoms with Crippen LogP contribution in [0, 0.1) is 11.6 Å². The number of hydrogen-bond acceptors (Lipinski definition) is 4. The molecule has 4 nitrogen and oxygen atoms in total. The lowest BCUT2D eigenvalue weighted by Gasteiger charge is -2.09. The van der Waals surface area contributed by atoms with Gasteiger partial charge in [-0.25, -0.2) is 13.6 Å². The van der Waals surface area contributed by atoms with Crippen molar-refractivity contribution in [2.24, 2.45) is 0 Å². The molecule has 0 unspecified atom stereocenters. The topological polar surface area (TPSA) is 55.4 Å². The number of methoxy groups -OCH3 is 1. The van der Waals surface area contributed by atoms with E-state index in [1.54, 1.807) is 29.6 Å². The van der Waals surface area contributed by atoms with Crippen molar-refractivity contribution in [1.82, 2.24) is 0 Å². The fourth-order valence-electron chi connectivity index (χ4n) is 2.48. The quantitative estimate of drug-likeness (QED) is 0.590. The predicted molar refractivity (Wildman–Crippen MR) is 100 cm³/mol. The van der Waals surface area contributed by atoms with Gasteiger partial charge in [-0.2, -0.15) is 0 Å². The fourth-order valence-corrected chi connectivity index (χ4v) is 3.56. The Morgan fingerprint density at radius 2 is 1.67 bits per heavy atom. The predicted octanol–water partition coefficient (Wildman–Crippen LogP) is 5.39. The van der Waals surface area contributed by atoms with E-state index in [4.69, 9.17) is 16.3 Å². The van der Waals surface area contributed by atoms with Gasteiger partial charge in [0.15, 0.2) is 0 Å². The van der Waals surface area contributed by atoms with Crippen molar-refractivity contribution in [1.29, 1.82) is 0 Å². The first-order valence-corrected chi connectivity index (χ1v) is 8.89. The maximum Gasteiger partial charge on any atom is 0.341 e. The molecule has 138 valence electrons. The van der Waals surface area contributed by atoms with Crippen molar-refractivity contribution in [3.05, 3.63) is 75.6 Å². The molecular formula is C19H12ClF2NO3S. The van der Waals surface area contributed by atoms with Gasteiger partial charge in [-0.3, -0.25) is 4.79 Å². The van der Waals surface area contributed by atoms with Crippen LogP contribution in [0.4, 0.5) is 13.8 Å². The largest absolute Gasteiger partial charge is 0.465 e. The van der Waals surface area contributed by atoms with Crippen molar-refractivity contribution in [3.63, 3.8) is 0 Å². The van der Waals surface area contributed by atoms with Gasteiger partial charge in [0.2, 0.25) is 0 Å². The summed E-state index contributed by atoms with van der Waals surface area (Å²) in [6, 6.07) is 9.84. The molecule has 0 saturated carbocycles. The number of thiophene rings is 1. The molecule has 0 aliphatic rings. The first-order chi connectivity index (χ1) is 12.9. The maximum absolute atomic E-state index is 13.8. The first-order valence-electron chi connectivity index (χ1n) is 7.63. The molecule has 0 spiro atoms. The van der Waals surface area contributed by atoms with Crippen LogP contribution in [0.2, 0.25) is 5.02 Å². The van der Waals surface area contributed by atoms with Gasteiger partial charge in [0.05, 0.1) is 7.11 Å². The van der Waals surface area contributed by atoms with Crippen LogP contribution in [0.3, 0.4) is 0 Å². The van der Waals surface area contributed by atoms with E-state index >= 15 is 0 Å².